The maximum atomic E-state index is 5.77. The summed E-state index contributed by atoms with van der Waals surface area (Å²) in [6.45, 7) is 1.07. The van der Waals surface area contributed by atoms with Gasteiger partial charge in [-0.1, -0.05) is 0 Å². The maximum Gasteiger partial charge on any atom is 0.0462 e. The number of aryl methyl sites for hydroxylation is 1. The van der Waals surface area contributed by atoms with Gasteiger partial charge in [-0.15, -0.1) is 0 Å². The lowest BCUT2D eigenvalue weighted by atomic mass is 10.0. The van der Waals surface area contributed by atoms with Crippen LogP contribution in [0.3, 0.4) is 0 Å². The van der Waals surface area contributed by atoms with Crippen LogP contribution in [0.15, 0.2) is 16.6 Å². The zero-order chi connectivity index (χ0) is 8.55. The van der Waals surface area contributed by atoms with Crippen LogP contribution in [0, 0.1) is 0 Å². The topological polar surface area (TPSA) is 38.0 Å². The van der Waals surface area contributed by atoms with Gasteiger partial charge in [-0.25, -0.2) is 0 Å². The van der Waals surface area contributed by atoms with Gasteiger partial charge in [-0.2, -0.15) is 0 Å². The van der Waals surface area contributed by atoms with E-state index < -0.39 is 0 Å². The van der Waals surface area contributed by atoms with E-state index in [0.717, 1.165) is 23.1 Å². The highest BCUT2D eigenvalue weighted by atomic mass is 79.9. The molecule has 3 N–H and O–H groups in total. The number of hydrogen-bond acceptors (Lipinski definition) is 2. The van der Waals surface area contributed by atoms with Crippen LogP contribution in [0.2, 0.25) is 0 Å². The van der Waals surface area contributed by atoms with Gasteiger partial charge in [0.25, 0.3) is 0 Å². The molecule has 64 valence electrons. The smallest absolute Gasteiger partial charge is 0.0462 e. The van der Waals surface area contributed by atoms with Gasteiger partial charge < -0.3 is 11.1 Å². The number of nitrogens with one attached hydrogen (secondary N) is 1. The number of benzene rings is 1. The van der Waals surface area contributed by atoms with Crippen LogP contribution in [-0.4, -0.2) is 6.54 Å². The van der Waals surface area contributed by atoms with Gasteiger partial charge >= 0.3 is 0 Å². The number of halogens is 1. The van der Waals surface area contributed by atoms with E-state index in [9.17, 15) is 0 Å². The Morgan fingerprint density at radius 2 is 2.25 bits per heavy atom. The molecule has 1 heterocycles. The highest BCUT2D eigenvalue weighted by Crippen LogP contribution is 2.30. The average Bonchev–Trinajstić information content (AvgIpc) is 2.07. The van der Waals surface area contributed by atoms with Gasteiger partial charge in [0.2, 0.25) is 0 Å². The Hall–Kier alpha value is -0.700. The monoisotopic (exact) mass is 226 g/mol. The molecular weight excluding hydrogens is 216 g/mol. The lowest BCUT2D eigenvalue weighted by Crippen LogP contribution is -2.11. The summed E-state index contributed by atoms with van der Waals surface area (Å²) < 4.78 is 0.982. The summed E-state index contributed by atoms with van der Waals surface area (Å²) in [5.74, 6) is 0. The highest BCUT2D eigenvalue weighted by molar-refractivity contribution is 9.10. The molecule has 0 aromatic heterocycles. The van der Waals surface area contributed by atoms with Crippen molar-refractivity contribution in [3.8, 4) is 0 Å². The van der Waals surface area contributed by atoms with E-state index in [1.165, 1.54) is 17.7 Å². The summed E-state index contributed by atoms with van der Waals surface area (Å²) in [5.41, 5.74) is 9.16. The van der Waals surface area contributed by atoms with Crippen molar-refractivity contribution >= 4 is 27.3 Å². The predicted octanol–water partition coefficient (Wildman–Crippen LogP) is 2.39. The van der Waals surface area contributed by atoms with Crippen molar-refractivity contribution in [3.63, 3.8) is 0 Å². The van der Waals surface area contributed by atoms with Gasteiger partial charge in [0.05, 0.1) is 0 Å². The predicted molar refractivity (Wildman–Crippen MR) is 55.4 cm³/mol. The molecule has 0 aliphatic carbocycles. The molecule has 1 aliphatic rings. The molecule has 0 amide bonds. The molecule has 3 heteroatoms. The molecule has 2 nitrogen and oxygen atoms in total. The van der Waals surface area contributed by atoms with Gasteiger partial charge in [0.15, 0.2) is 0 Å². The van der Waals surface area contributed by atoms with E-state index >= 15 is 0 Å². The van der Waals surface area contributed by atoms with Crippen LogP contribution in [0.4, 0.5) is 11.4 Å². The summed E-state index contributed by atoms with van der Waals surface area (Å²) in [6.07, 6.45) is 2.34. The molecule has 1 aliphatic heterocycles. The Morgan fingerprint density at radius 1 is 1.42 bits per heavy atom. The van der Waals surface area contributed by atoms with E-state index in [0.29, 0.717) is 0 Å². The van der Waals surface area contributed by atoms with Crippen molar-refractivity contribution < 1.29 is 0 Å². The first-order chi connectivity index (χ1) is 5.77. The number of fused-ring (bicyclic) bond motifs is 1. The molecule has 0 fully saturated rings. The van der Waals surface area contributed by atoms with E-state index in [2.05, 4.69) is 27.3 Å². The third kappa shape index (κ3) is 1.29. The van der Waals surface area contributed by atoms with Gasteiger partial charge in [0.1, 0.15) is 0 Å². The van der Waals surface area contributed by atoms with Crippen molar-refractivity contribution in [2.75, 3.05) is 17.6 Å². The van der Waals surface area contributed by atoms with Crippen molar-refractivity contribution in [3.05, 3.63) is 22.2 Å². The third-order valence-electron chi connectivity index (χ3n) is 2.16. The molecule has 0 spiro atoms. The van der Waals surface area contributed by atoms with Crippen molar-refractivity contribution in [2.24, 2.45) is 0 Å². The van der Waals surface area contributed by atoms with E-state index in [4.69, 9.17) is 5.73 Å². The molecule has 0 saturated carbocycles. The molecule has 1 aromatic rings. The molecule has 1 aromatic carbocycles. The molecule has 2 rings (SSSR count). The van der Waals surface area contributed by atoms with Gasteiger partial charge in [-0.3, -0.25) is 0 Å². The minimum Gasteiger partial charge on any atom is -0.398 e. The normalized spacial score (nSPS) is 15.1. The quantitative estimate of drug-likeness (QED) is 0.668. The Kier molecular flexibility index (Phi) is 1.97. The average molecular weight is 227 g/mol. The lowest BCUT2D eigenvalue weighted by molar-refractivity contribution is 0.830. The summed E-state index contributed by atoms with van der Waals surface area (Å²) in [5, 5.41) is 3.35. The lowest BCUT2D eigenvalue weighted by Gasteiger charge is -2.18. The Labute approximate surface area is 80.3 Å². The minimum absolute atomic E-state index is 0.831. The van der Waals surface area contributed by atoms with E-state index in [-0.39, 0.29) is 0 Å². The van der Waals surface area contributed by atoms with Crippen LogP contribution >= 0.6 is 15.9 Å². The van der Waals surface area contributed by atoms with Crippen LogP contribution in [-0.2, 0) is 6.42 Å². The van der Waals surface area contributed by atoms with Crippen LogP contribution in [0.5, 0.6) is 0 Å². The van der Waals surface area contributed by atoms with Crippen molar-refractivity contribution in [2.45, 2.75) is 12.8 Å². The van der Waals surface area contributed by atoms with Crippen molar-refractivity contribution in [1.29, 1.82) is 0 Å². The Morgan fingerprint density at radius 3 is 3.08 bits per heavy atom. The second-order valence-electron chi connectivity index (χ2n) is 3.06. The van der Waals surface area contributed by atoms with Crippen LogP contribution in [0.1, 0.15) is 12.0 Å². The standard InChI is InChI=1S/C9H11BrN2/c10-7-5-9-6(4-8(7)11)2-1-3-12-9/h4-5,12H,1-3,11H2. The summed E-state index contributed by atoms with van der Waals surface area (Å²) in [6, 6.07) is 4.11. The SMILES string of the molecule is Nc1cc2c(cc1Br)NCCC2. The zero-order valence-corrected chi connectivity index (χ0v) is 8.32. The number of hydrogen-bond donors (Lipinski definition) is 2. The molecule has 12 heavy (non-hydrogen) atoms. The first-order valence-corrected chi connectivity index (χ1v) is 4.88. The molecule has 0 bridgehead atoms. The Balaban J connectivity index is 2.49. The third-order valence-corrected chi connectivity index (χ3v) is 2.85. The first kappa shape index (κ1) is 7.92. The molecular formula is C9H11BrN2. The molecule has 0 radical (unpaired) electrons. The summed E-state index contributed by atoms with van der Waals surface area (Å²) >= 11 is 3.41. The Bertz CT molecular complexity index is 279. The molecule has 0 saturated heterocycles. The van der Waals surface area contributed by atoms with Crippen LogP contribution in [0.25, 0.3) is 0 Å². The number of nitrogens with two attached hydrogens (primary N) is 1. The van der Waals surface area contributed by atoms with Crippen LogP contribution < -0.4 is 11.1 Å². The first-order valence-electron chi connectivity index (χ1n) is 4.09. The number of nitrogen functional groups attached to an aromatic ring is 1. The molecule has 0 unspecified atom stereocenters. The highest BCUT2D eigenvalue weighted by Gasteiger charge is 2.09. The summed E-state index contributed by atoms with van der Waals surface area (Å²) in [7, 11) is 0. The largest absolute Gasteiger partial charge is 0.398 e. The number of rotatable bonds is 0. The fourth-order valence-electron chi connectivity index (χ4n) is 1.51. The van der Waals surface area contributed by atoms with Crippen molar-refractivity contribution in [1.82, 2.24) is 0 Å². The zero-order valence-electron chi connectivity index (χ0n) is 6.73. The fraction of sp³-hybridized carbons (Fsp3) is 0.333. The fourth-order valence-corrected chi connectivity index (χ4v) is 1.85. The second-order valence-corrected chi connectivity index (χ2v) is 3.92. The number of anilines is 2. The second kappa shape index (κ2) is 2.98. The van der Waals surface area contributed by atoms with E-state index in [1.54, 1.807) is 0 Å². The maximum absolute atomic E-state index is 5.77. The van der Waals surface area contributed by atoms with E-state index in [1.807, 2.05) is 6.07 Å². The van der Waals surface area contributed by atoms with Gasteiger partial charge in [0, 0.05) is 22.4 Å². The summed E-state index contributed by atoms with van der Waals surface area (Å²) in [4.78, 5) is 0. The molecule has 0 atom stereocenters. The minimum atomic E-state index is 0.831. The van der Waals surface area contributed by atoms with Gasteiger partial charge in [-0.05, 0) is 46.5 Å².